The van der Waals surface area contributed by atoms with Gasteiger partial charge in [0.25, 0.3) is 0 Å². The molecule has 1 saturated heterocycles. The smallest absolute Gasteiger partial charge is 0.416 e. The van der Waals surface area contributed by atoms with Crippen LogP contribution in [0.3, 0.4) is 0 Å². The van der Waals surface area contributed by atoms with Crippen molar-refractivity contribution in [2.24, 2.45) is 5.92 Å². The van der Waals surface area contributed by atoms with E-state index in [-0.39, 0.29) is 29.6 Å². The molecule has 180 valence electrons. The van der Waals surface area contributed by atoms with E-state index in [2.05, 4.69) is 4.90 Å². The zero-order valence-electron chi connectivity index (χ0n) is 18.9. The van der Waals surface area contributed by atoms with Crippen LogP contribution >= 0.6 is 0 Å². The minimum Gasteiger partial charge on any atom is -0.482 e. The van der Waals surface area contributed by atoms with Gasteiger partial charge in [0.15, 0.2) is 0 Å². The topological polar surface area (TPSA) is 63.0 Å². The SMILES string of the molecule is CCC(CC)C(=O)N1CCN(Cc2cc(=O)c(OCc3ccc(C(F)(F)F)cc3)co2)CC1. The van der Waals surface area contributed by atoms with Crippen molar-refractivity contribution in [3.05, 3.63) is 63.7 Å². The number of benzene rings is 1. The second kappa shape index (κ2) is 10.9. The first-order chi connectivity index (χ1) is 15.7. The van der Waals surface area contributed by atoms with Crippen LogP contribution in [-0.2, 0) is 24.1 Å². The number of carbonyl (C=O) groups excluding carboxylic acids is 1. The molecule has 2 aromatic rings. The molecule has 33 heavy (non-hydrogen) atoms. The minimum absolute atomic E-state index is 0.000707. The van der Waals surface area contributed by atoms with Gasteiger partial charge >= 0.3 is 6.18 Å². The van der Waals surface area contributed by atoms with E-state index in [1.165, 1.54) is 24.5 Å². The molecular formula is C24H29F3N2O4. The predicted molar refractivity (Wildman–Crippen MR) is 117 cm³/mol. The largest absolute Gasteiger partial charge is 0.482 e. The van der Waals surface area contributed by atoms with Gasteiger partial charge in [-0.05, 0) is 30.5 Å². The molecule has 0 N–H and O–H groups in total. The molecule has 0 aliphatic carbocycles. The molecule has 0 unspecified atom stereocenters. The van der Waals surface area contributed by atoms with Crippen LogP contribution in [0.25, 0.3) is 0 Å². The molecule has 1 aliphatic heterocycles. The number of amides is 1. The molecule has 0 saturated carbocycles. The summed E-state index contributed by atoms with van der Waals surface area (Å²) in [5.41, 5.74) is -0.589. The first-order valence-electron chi connectivity index (χ1n) is 11.1. The van der Waals surface area contributed by atoms with Crippen LogP contribution < -0.4 is 10.2 Å². The number of nitrogens with zero attached hydrogens (tertiary/aromatic N) is 2. The molecule has 1 aromatic heterocycles. The molecule has 1 aromatic carbocycles. The second-order valence-electron chi connectivity index (χ2n) is 8.17. The number of hydrogen-bond donors (Lipinski definition) is 0. The van der Waals surface area contributed by atoms with Crippen molar-refractivity contribution >= 4 is 5.91 Å². The molecule has 0 spiro atoms. The van der Waals surface area contributed by atoms with Crippen molar-refractivity contribution in [1.29, 1.82) is 0 Å². The Balaban J connectivity index is 1.51. The van der Waals surface area contributed by atoms with Gasteiger partial charge in [-0.15, -0.1) is 0 Å². The lowest BCUT2D eigenvalue weighted by atomic mass is 10.0. The molecule has 2 heterocycles. The van der Waals surface area contributed by atoms with E-state index in [0.717, 1.165) is 25.0 Å². The minimum atomic E-state index is -4.40. The molecule has 1 aliphatic rings. The summed E-state index contributed by atoms with van der Waals surface area (Å²) in [6.45, 7) is 7.14. The number of rotatable bonds is 8. The number of alkyl halides is 3. The van der Waals surface area contributed by atoms with Gasteiger partial charge in [0.05, 0.1) is 12.1 Å². The van der Waals surface area contributed by atoms with Gasteiger partial charge in [-0.1, -0.05) is 26.0 Å². The van der Waals surface area contributed by atoms with E-state index in [9.17, 15) is 22.8 Å². The Labute approximate surface area is 190 Å². The van der Waals surface area contributed by atoms with Gasteiger partial charge in [-0.2, -0.15) is 13.2 Å². The zero-order chi connectivity index (χ0) is 24.0. The maximum absolute atomic E-state index is 12.6. The number of halogens is 3. The fraction of sp³-hybridized carbons (Fsp3) is 0.500. The summed E-state index contributed by atoms with van der Waals surface area (Å²) in [4.78, 5) is 28.9. The Kier molecular flexibility index (Phi) is 8.18. The molecule has 1 amide bonds. The molecule has 0 atom stereocenters. The van der Waals surface area contributed by atoms with Gasteiger partial charge in [0.1, 0.15) is 18.6 Å². The third kappa shape index (κ3) is 6.60. The Morgan fingerprint density at radius 2 is 1.73 bits per heavy atom. The highest BCUT2D eigenvalue weighted by molar-refractivity contribution is 5.78. The summed E-state index contributed by atoms with van der Waals surface area (Å²) in [5, 5.41) is 0. The first kappa shape index (κ1) is 24.8. The number of carbonyl (C=O) groups is 1. The summed E-state index contributed by atoms with van der Waals surface area (Å²) in [5.74, 6) is 0.770. The van der Waals surface area contributed by atoms with E-state index < -0.39 is 11.7 Å². The number of hydrogen-bond acceptors (Lipinski definition) is 5. The van der Waals surface area contributed by atoms with Crippen molar-refractivity contribution in [2.75, 3.05) is 26.2 Å². The molecule has 1 fully saturated rings. The van der Waals surface area contributed by atoms with Crippen molar-refractivity contribution in [1.82, 2.24) is 9.80 Å². The van der Waals surface area contributed by atoms with Gasteiger partial charge in [-0.25, -0.2) is 0 Å². The third-order valence-electron chi connectivity index (χ3n) is 5.93. The van der Waals surface area contributed by atoms with Crippen molar-refractivity contribution in [2.45, 2.75) is 46.0 Å². The summed E-state index contributed by atoms with van der Waals surface area (Å²) in [6.07, 6.45) is -1.48. The summed E-state index contributed by atoms with van der Waals surface area (Å²) in [6, 6.07) is 5.94. The predicted octanol–water partition coefficient (Wildman–Crippen LogP) is 4.32. The Bertz CT molecular complexity index is 976. The van der Waals surface area contributed by atoms with Crippen LogP contribution in [0.1, 0.15) is 43.6 Å². The normalized spacial score (nSPS) is 15.2. The maximum atomic E-state index is 12.6. The second-order valence-corrected chi connectivity index (χ2v) is 8.17. The average Bonchev–Trinajstić information content (AvgIpc) is 2.79. The van der Waals surface area contributed by atoms with E-state index in [4.69, 9.17) is 9.15 Å². The average molecular weight is 467 g/mol. The van der Waals surface area contributed by atoms with Crippen LogP contribution in [-0.4, -0.2) is 41.9 Å². The highest BCUT2D eigenvalue weighted by Crippen LogP contribution is 2.29. The van der Waals surface area contributed by atoms with Gasteiger partial charge in [-0.3, -0.25) is 14.5 Å². The quantitative estimate of drug-likeness (QED) is 0.580. The van der Waals surface area contributed by atoms with Crippen molar-refractivity contribution < 1.29 is 27.1 Å². The molecule has 9 heteroatoms. The van der Waals surface area contributed by atoms with Crippen LogP contribution in [0.2, 0.25) is 0 Å². The number of piperazine rings is 1. The van der Waals surface area contributed by atoms with E-state index in [1.54, 1.807) is 0 Å². The van der Waals surface area contributed by atoms with E-state index >= 15 is 0 Å². The number of ether oxygens (including phenoxy) is 1. The van der Waals surface area contributed by atoms with Crippen LogP contribution in [0.4, 0.5) is 13.2 Å². The summed E-state index contributed by atoms with van der Waals surface area (Å²) < 4.78 is 48.9. The van der Waals surface area contributed by atoms with Crippen LogP contribution in [0.15, 0.2) is 45.8 Å². The van der Waals surface area contributed by atoms with Crippen molar-refractivity contribution in [3.8, 4) is 5.75 Å². The Morgan fingerprint density at radius 1 is 1.09 bits per heavy atom. The van der Waals surface area contributed by atoms with Gasteiger partial charge in [0.2, 0.25) is 17.1 Å². The molecule has 6 nitrogen and oxygen atoms in total. The van der Waals surface area contributed by atoms with Gasteiger partial charge in [0, 0.05) is 38.2 Å². The van der Waals surface area contributed by atoms with Crippen LogP contribution in [0, 0.1) is 5.92 Å². The highest BCUT2D eigenvalue weighted by atomic mass is 19.4. The Hall–Kier alpha value is -2.81. The zero-order valence-corrected chi connectivity index (χ0v) is 18.9. The Morgan fingerprint density at radius 3 is 2.27 bits per heavy atom. The fourth-order valence-electron chi connectivity index (χ4n) is 3.82. The van der Waals surface area contributed by atoms with Gasteiger partial charge < -0.3 is 14.1 Å². The first-order valence-corrected chi connectivity index (χ1v) is 11.1. The summed E-state index contributed by atoms with van der Waals surface area (Å²) >= 11 is 0. The highest BCUT2D eigenvalue weighted by Gasteiger charge is 2.30. The monoisotopic (exact) mass is 466 g/mol. The fourth-order valence-corrected chi connectivity index (χ4v) is 3.82. The third-order valence-corrected chi connectivity index (χ3v) is 5.93. The maximum Gasteiger partial charge on any atom is 0.416 e. The molecule has 3 rings (SSSR count). The van der Waals surface area contributed by atoms with Crippen molar-refractivity contribution in [3.63, 3.8) is 0 Å². The lowest BCUT2D eigenvalue weighted by molar-refractivity contribution is -0.138. The lowest BCUT2D eigenvalue weighted by Crippen LogP contribution is -2.49. The van der Waals surface area contributed by atoms with E-state index in [0.29, 0.717) is 44.0 Å². The van der Waals surface area contributed by atoms with Crippen LogP contribution in [0.5, 0.6) is 5.75 Å². The molecule has 0 bridgehead atoms. The van der Waals surface area contributed by atoms with E-state index in [1.807, 2.05) is 18.7 Å². The summed E-state index contributed by atoms with van der Waals surface area (Å²) in [7, 11) is 0. The standard InChI is InChI=1S/C24H29F3N2O4/c1-3-18(4-2)23(31)29-11-9-28(10-12-29)14-20-13-21(30)22(16-32-20)33-15-17-5-7-19(8-6-17)24(25,26)27/h5-8,13,16,18H,3-4,9-12,14-15H2,1-2H3. The molecular weight excluding hydrogens is 437 g/mol. The lowest BCUT2D eigenvalue weighted by Gasteiger charge is -2.36. The molecule has 0 radical (unpaired) electrons.